The minimum atomic E-state index is -1.11. The first kappa shape index (κ1) is 30.4. The molecule has 2 unspecified atom stereocenters. The van der Waals surface area contributed by atoms with Gasteiger partial charge in [0.25, 0.3) is 0 Å². The molecule has 3 aliphatic rings. The zero-order valence-electron chi connectivity index (χ0n) is 24.6. The number of carbonyl (C=O) groups is 3. The number of likely N-dealkylation sites (tertiary alicyclic amines) is 1. The zero-order valence-corrected chi connectivity index (χ0v) is 24.6. The number of β-amino-alcohol motifs (C(OH)–C–C–N with tert-alkyl or cyclic N) is 1. The van der Waals surface area contributed by atoms with Crippen molar-refractivity contribution in [3.05, 3.63) is 25.3 Å². The van der Waals surface area contributed by atoms with Crippen LogP contribution in [-0.4, -0.2) is 93.1 Å². The van der Waals surface area contributed by atoms with Crippen molar-refractivity contribution >= 4 is 17.7 Å². The highest BCUT2D eigenvalue weighted by Gasteiger charge is 2.78. The molecule has 0 aromatic carbocycles. The molecule has 1 N–H and O–H groups in total. The Kier molecular flexibility index (Phi) is 8.60. The number of hydrogen-bond acceptors (Lipinski definition) is 5. The molecule has 8 nitrogen and oxygen atoms in total. The molecule has 0 radical (unpaired) electrons. The molecule has 3 amide bonds. The van der Waals surface area contributed by atoms with Crippen LogP contribution in [0.3, 0.4) is 0 Å². The van der Waals surface area contributed by atoms with Crippen LogP contribution >= 0.6 is 0 Å². The molecule has 5 atom stereocenters. The van der Waals surface area contributed by atoms with Crippen LogP contribution in [0.4, 0.5) is 0 Å². The lowest BCUT2D eigenvalue weighted by Gasteiger charge is -2.45. The Balaban J connectivity index is 2.10. The third-order valence-corrected chi connectivity index (χ3v) is 8.54. The molecule has 214 valence electrons. The summed E-state index contributed by atoms with van der Waals surface area (Å²) in [5.41, 5.74) is -2.51. The van der Waals surface area contributed by atoms with Crippen LogP contribution in [0.25, 0.3) is 0 Å². The van der Waals surface area contributed by atoms with E-state index in [9.17, 15) is 19.5 Å². The summed E-state index contributed by atoms with van der Waals surface area (Å²) >= 11 is 0. The van der Waals surface area contributed by atoms with Crippen LogP contribution in [0, 0.1) is 17.3 Å². The second kappa shape index (κ2) is 10.8. The molecule has 3 rings (SSSR count). The van der Waals surface area contributed by atoms with Crippen LogP contribution in [-0.2, 0) is 19.1 Å². The second-order valence-electron chi connectivity index (χ2n) is 13.3. The van der Waals surface area contributed by atoms with Crippen LogP contribution in [0.15, 0.2) is 25.3 Å². The van der Waals surface area contributed by atoms with Crippen molar-refractivity contribution in [1.82, 2.24) is 14.7 Å². The Morgan fingerprint density at radius 1 is 1.13 bits per heavy atom. The number of aliphatic hydroxyl groups excluding tert-OH is 1. The molecule has 0 aromatic heterocycles. The topological polar surface area (TPSA) is 90.4 Å². The van der Waals surface area contributed by atoms with E-state index in [2.05, 4.69) is 33.9 Å². The van der Waals surface area contributed by atoms with E-state index in [-0.39, 0.29) is 36.3 Å². The van der Waals surface area contributed by atoms with E-state index in [1.807, 2.05) is 27.7 Å². The molecule has 3 fully saturated rings. The predicted molar refractivity (Wildman–Crippen MR) is 148 cm³/mol. The van der Waals surface area contributed by atoms with Gasteiger partial charge in [-0.25, -0.2) is 0 Å². The number of ether oxygens (including phenoxy) is 1. The van der Waals surface area contributed by atoms with Crippen LogP contribution in [0.1, 0.15) is 74.1 Å². The van der Waals surface area contributed by atoms with Gasteiger partial charge in [-0.15, -0.1) is 13.2 Å². The molecule has 0 aliphatic carbocycles. The van der Waals surface area contributed by atoms with Gasteiger partial charge < -0.3 is 24.5 Å². The average molecular weight is 532 g/mol. The van der Waals surface area contributed by atoms with E-state index in [0.717, 1.165) is 12.8 Å². The van der Waals surface area contributed by atoms with Crippen molar-refractivity contribution in [2.75, 3.05) is 32.8 Å². The van der Waals surface area contributed by atoms with E-state index in [4.69, 9.17) is 4.74 Å². The molecule has 3 aliphatic heterocycles. The minimum absolute atomic E-state index is 0.0153. The van der Waals surface area contributed by atoms with Gasteiger partial charge in [0.05, 0.1) is 24.0 Å². The predicted octanol–water partition coefficient (Wildman–Crippen LogP) is 3.40. The lowest BCUT2D eigenvalue weighted by Crippen LogP contribution is -2.61. The van der Waals surface area contributed by atoms with Crippen molar-refractivity contribution in [3.8, 4) is 0 Å². The Morgan fingerprint density at radius 2 is 1.76 bits per heavy atom. The van der Waals surface area contributed by atoms with E-state index >= 15 is 0 Å². The molecule has 38 heavy (non-hydrogen) atoms. The number of fused-ring (bicyclic) bond motifs is 1. The molecule has 0 aromatic rings. The summed E-state index contributed by atoms with van der Waals surface area (Å²) < 4.78 is 6.74. The van der Waals surface area contributed by atoms with Crippen molar-refractivity contribution in [2.45, 2.75) is 96.9 Å². The molecule has 8 heteroatoms. The SMILES string of the molecule is C=CCN(CCC)C(=O)[C@H]1[C@H]2C(=O)N(CCO)C(C(=O)N(CC=C)C(C)(C)CC(C)(C)C)C23CC[C@]1(C)O3. The molecule has 3 saturated heterocycles. The summed E-state index contributed by atoms with van der Waals surface area (Å²) in [5, 5.41) is 9.92. The van der Waals surface area contributed by atoms with E-state index in [1.165, 1.54) is 4.90 Å². The molecule has 0 saturated carbocycles. The molecule has 1 spiro atoms. The number of rotatable bonds is 12. The van der Waals surface area contributed by atoms with Gasteiger partial charge in [-0.1, -0.05) is 39.8 Å². The van der Waals surface area contributed by atoms with Gasteiger partial charge in [0.1, 0.15) is 11.6 Å². The van der Waals surface area contributed by atoms with Crippen molar-refractivity contribution < 1.29 is 24.2 Å². The maximum atomic E-state index is 14.6. The summed E-state index contributed by atoms with van der Waals surface area (Å²) in [6.07, 6.45) is 6.03. The standard InChI is InChI=1S/C30H49N3O5/c1-10-15-31(16-11-2)24(35)21-22-25(36)32(18-19-34)23(30(22)14-13-29(21,9)38-30)26(37)33(17-12-3)28(7,8)20-27(4,5)6/h10,12,21-23,34H,1,3,11,13-20H2,2,4-9H3/t21-,22+,23?,29+,30?/m1/s1. The molecular weight excluding hydrogens is 482 g/mol. The fourth-order valence-electron chi connectivity index (χ4n) is 7.65. The first-order valence-corrected chi connectivity index (χ1v) is 14.1. The Hall–Kier alpha value is -2.19. The van der Waals surface area contributed by atoms with Crippen LogP contribution in [0.2, 0.25) is 0 Å². The average Bonchev–Trinajstić information content (AvgIpc) is 3.36. The number of carbonyl (C=O) groups excluding carboxylic acids is 3. The van der Waals surface area contributed by atoms with Gasteiger partial charge in [-0.3, -0.25) is 14.4 Å². The highest BCUT2D eigenvalue weighted by Crippen LogP contribution is 2.63. The normalized spacial score (nSPS) is 30.4. The Labute approximate surface area is 229 Å². The van der Waals surface area contributed by atoms with Gasteiger partial charge in [-0.05, 0) is 51.9 Å². The summed E-state index contributed by atoms with van der Waals surface area (Å²) in [6, 6.07) is -0.912. The fraction of sp³-hybridized carbons (Fsp3) is 0.767. The maximum Gasteiger partial charge on any atom is 0.249 e. The Morgan fingerprint density at radius 3 is 2.29 bits per heavy atom. The van der Waals surface area contributed by atoms with Gasteiger partial charge in [0.2, 0.25) is 17.7 Å². The van der Waals surface area contributed by atoms with Crippen molar-refractivity contribution in [2.24, 2.45) is 17.3 Å². The molecular formula is C30H49N3O5. The van der Waals surface area contributed by atoms with Crippen LogP contribution < -0.4 is 0 Å². The van der Waals surface area contributed by atoms with Crippen molar-refractivity contribution in [3.63, 3.8) is 0 Å². The van der Waals surface area contributed by atoms with Crippen LogP contribution in [0.5, 0.6) is 0 Å². The summed E-state index contributed by atoms with van der Waals surface area (Å²) in [6.45, 7) is 23.1. The van der Waals surface area contributed by atoms with Gasteiger partial charge in [0, 0.05) is 31.7 Å². The largest absolute Gasteiger partial charge is 0.395 e. The lowest BCUT2D eigenvalue weighted by molar-refractivity contribution is -0.157. The van der Waals surface area contributed by atoms with E-state index in [0.29, 0.717) is 32.5 Å². The monoisotopic (exact) mass is 531 g/mol. The lowest BCUT2D eigenvalue weighted by atomic mass is 9.66. The van der Waals surface area contributed by atoms with Gasteiger partial charge in [0.15, 0.2) is 0 Å². The van der Waals surface area contributed by atoms with Gasteiger partial charge in [-0.2, -0.15) is 0 Å². The number of hydrogen-bond donors (Lipinski definition) is 1. The highest BCUT2D eigenvalue weighted by molar-refractivity contribution is 5.99. The summed E-state index contributed by atoms with van der Waals surface area (Å²) in [5.74, 6) is -2.07. The van der Waals surface area contributed by atoms with Crippen molar-refractivity contribution in [1.29, 1.82) is 0 Å². The Bertz CT molecular complexity index is 956. The first-order chi connectivity index (χ1) is 17.6. The third kappa shape index (κ3) is 5.06. The molecule has 2 bridgehead atoms. The highest BCUT2D eigenvalue weighted by atomic mass is 16.5. The summed E-state index contributed by atoms with van der Waals surface area (Å²) in [4.78, 5) is 47.6. The van der Waals surface area contributed by atoms with Gasteiger partial charge >= 0.3 is 0 Å². The minimum Gasteiger partial charge on any atom is -0.395 e. The quantitative estimate of drug-likeness (QED) is 0.390. The smallest absolute Gasteiger partial charge is 0.249 e. The van der Waals surface area contributed by atoms with E-state index in [1.54, 1.807) is 22.0 Å². The fourth-order valence-corrected chi connectivity index (χ4v) is 7.65. The summed E-state index contributed by atoms with van der Waals surface area (Å²) in [7, 11) is 0. The first-order valence-electron chi connectivity index (χ1n) is 14.1. The third-order valence-electron chi connectivity index (χ3n) is 8.54. The number of nitrogens with zero attached hydrogens (tertiary/aromatic N) is 3. The molecule has 3 heterocycles. The maximum absolute atomic E-state index is 14.6. The second-order valence-corrected chi connectivity index (χ2v) is 13.3. The van der Waals surface area contributed by atoms with E-state index < -0.39 is 34.6 Å². The number of amides is 3. The zero-order chi connectivity index (χ0) is 28.7. The number of aliphatic hydroxyl groups is 1.